The van der Waals surface area contributed by atoms with Gasteiger partial charge in [0.2, 0.25) is 0 Å². The summed E-state index contributed by atoms with van der Waals surface area (Å²) in [7, 11) is 0. The molecule has 0 spiro atoms. The van der Waals surface area contributed by atoms with Crippen LogP contribution in [0, 0.1) is 0 Å². The van der Waals surface area contributed by atoms with E-state index in [4.69, 9.17) is 16.6 Å². The Balaban J connectivity index is 1.30. The number of nitrogens with zero attached hydrogens (tertiary/aromatic N) is 3. The molecule has 2 heterocycles. The molecule has 6 heteroatoms. The molecule has 184 valence electrons. The van der Waals surface area contributed by atoms with Crippen LogP contribution in [-0.2, 0) is 6.54 Å². The lowest BCUT2D eigenvalue weighted by molar-refractivity contribution is 0.0956. The number of fused-ring (bicyclic) bond motifs is 2. The Kier molecular flexibility index (Phi) is 6.42. The minimum atomic E-state index is -0.295. The lowest BCUT2D eigenvalue weighted by atomic mass is 10.0. The first-order chi connectivity index (χ1) is 18.7. The molecule has 0 aliphatic rings. The second-order valence-electron chi connectivity index (χ2n) is 8.96. The van der Waals surface area contributed by atoms with E-state index >= 15 is 0 Å². The van der Waals surface area contributed by atoms with Gasteiger partial charge >= 0.3 is 0 Å². The van der Waals surface area contributed by atoms with Gasteiger partial charge in [-0.25, -0.2) is 10.4 Å². The predicted octanol–water partition coefficient (Wildman–Crippen LogP) is 7.32. The van der Waals surface area contributed by atoms with Gasteiger partial charge in [0, 0.05) is 45.2 Å². The summed E-state index contributed by atoms with van der Waals surface area (Å²) in [6, 6.07) is 35.2. The van der Waals surface area contributed by atoms with Gasteiger partial charge in [-0.05, 0) is 29.8 Å². The number of hydrazone groups is 1. The topological polar surface area (TPSA) is 59.3 Å². The highest BCUT2D eigenvalue weighted by Crippen LogP contribution is 2.26. The number of benzene rings is 4. The molecule has 2 aromatic heterocycles. The molecule has 0 radical (unpaired) electrons. The van der Waals surface area contributed by atoms with Crippen LogP contribution in [0.15, 0.2) is 120 Å². The molecular weight excluding hydrogens is 492 g/mol. The van der Waals surface area contributed by atoms with Crippen molar-refractivity contribution in [1.82, 2.24) is 15.0 Å². The first-order valence-corrected chi connectivity index (χ1v) is 12.6. The molecule has 0 fully saturated rings. The number of pyridine rings is 1. The van der Waals surface area contributed by atoms with Crippen molar-refractivity contribution in [3.63, 3.8) is 0 Å². The molecule has 0 saturated carbocycles. The van der Waals surface area contributed by atoms with Crippen molar-refractivity contribution in [1.29, 1.82) is 0 Å². The number of rotatable bonds is 6. The molecule has 6 rings (SSSR count). The third-order valence-corrected chi connectivity index (χ3v) is 6.89. The van der Waals surface area contributed by atoms with Crippen molar-refractivity contribution in [3.8, 4) is 11.3 Å². The van der Waals surface area contributed by atoms with Crippen LogP contribution in [-0.4, -0.2) is 21.7 Å². The Labute approximate surface area is 225 Å². The van der Waals surface area contributed by atoms with Crippen LogP contribution in [0.4, 0.5) is 0 Å². The van der Waals surface area contributed by atoms with E-state index < -0.39 is 0 Å². The summed E-state index contributed by atoms with van der Waals surface area (Å²) >= 11 is 6.41. The maximum Gasteiger partial charge on any atom is 0.272 e. The normalized spacial score (nSPS) is 11.4. The Morgan fingerprint density at radius 3 is 2.42 bits per heavy atom. The summed E-state index contributed by atoms with van der Waals surface area (Å²) in [5, 5.41) is 6.87. The number of halogens is 1. The van der Waals surface area contributed by atoms with Gasteiger partial charge in [0.25, 0.3) is 5.91 Å². The SMILES string of the molecule is O=C(N/N=C\c1cn(Cc2ccccc2Cl)c2ccccc12)c1cc(-c2ccccc2)nc2ccccc12. The highest BCUT2D eigenvalue weighted by Gasteiger charge is 2.14. The number of hydrogen-bond acceptors (Lipinski definition) is 3. The highest BCUT2D eigenvalue weighted by molar-refractivity contribution is 6.31. The number of para-hydroxylation sites is 2. The quantitative estimate of drug-likeness (QED) is 0.187. The maximum atomic E-state index is 13.3. The fraction of sp³-hybridized carbons (Fsp3) is 0.0312. The number of nitrogens with one attached hydrogen (secondary N) is 1. The summed E-state index contributed by atoms with van der Waals surface area (Å²) in [4.78, 5) is 18.1. The van der Waals surface area contributed by atoms with Crippen molar-refractivity contribution in [2.45, 2.75) is 6.54 Å². The smallest absolute Gasteiger partial charge is 0.272 e. The lowest BCUT2D eigenvalue weighted by Crippen LogP contribution is -2.18. The Morgan fingerprint density at radius 2 is 1.58 bits per heavy atom. The van der Waals surface area contributed by atoms with Crippen molar-refractivity contribution in [2.75, 3.05) is 0 Å². The zero-order chi connectivity index (χ0) is 25.9. The summed E-state index contributed by atoms with van der Waals surface area (Å²) in [6.07, 6.45) is 3.71. The van der Waals surface area contributed by atoms with Gasteiger partial charge in [-0.15, -0.1) is 0 Å². The lowest BCUT2D eigenvalue weighted by Gasteiger charge is -2.09. The number of carbonyl (C=O) groups is 1. The first-order valence-electron chi connectivity index (χ1n) is 12.3. The van der Waals surface area contributed by atoms with Crippen LogP contribution in [0.5, 0.6) is 0 Å². The van der Waals surface area contributed by atoms with E-state index in [1.165, 1.54) is 0 Å². The van der Waals surface area contributed by atoms with Crippen LogP contribution in [0.1, 0.15) is 21.5 Å². The Bertz CT molecular complexity index is 1810. The van der Waals surface area contributed by atoms with Crippen molar-refractivity contribution in [2.24, 2.45) is 5.10 Å². The molecule has 0 bridgehead atoms. The zero-order valence-electron chi connectivity index (χ0n) is 20.4. The molecule has 1 N–H and O–H groups in total. The summed E-state index contributed by atoms with van der Waals surface area (Å²) < 4.78 is 2.14. The van der Waals surface area contributed by atoms with E-state index in [1.54, 1.807) is 6.21 Å². The molecule has 4 aromatic carbocycles. The standard InChI is InChI=1S/C32H23ClN4O/c33-28-15-7-4-12-23(28)20-37-21-24(25-13-6-9-17-31(25)37)19-34-36-32(38)27-18-30(22-10-2-1-3-11-22)35-29-16-8-5-14-26(27)29/h1-19,21H,20H2,(H,36,38)/b34-19-. The van der Waals surface area contributed by atoms with Gasteiger partial charge in [0.05, 0.1) is 23.0 Å². The molecule has 0 saturated heterocycles. The van der Waals surface area contributed by atoms with E-state index in [1.807, 2.05) is 109 Å². The second-order valence-corrected chi connectivity index (χ2v) is 9.37. The molecule has 5 nitrogen and oxygen atoms in total. The average Bonchev–Trinajstić information content (AvgIpc) is 3.31. The van der Waals surface area contributed by atoms with Crippen LogP contribution >= 0.6 is 11.6 Å². The minimum absolute atomic E-state index is 0.295. The molecule has 38 heavy (non-hydrogen) atoms. The molecule has 0 aliphatic heterocycles. The summed E-state index contributed by atoms with van der Waals surface area (Å²) in [5.41, 5.74) is 8.68. The average molecular weight is 515 g/mol. The molecule has 1 amide bonds. The van der Waals surface area contributed by atoms with Crippen LogP contribution in [0.3, 0.4) is 0 Å². The van der Waals surface area contributed by atoms with Crippen molar-refractivity contribution in [3.05, 3.63) is 137 Å². The fourth-order valence-corrected chi connectivity index (χ4v) is 4.86. The van der Waals surface area contributed by atoms with Gasteiger partial charge < -0.3 is 4.57 Å². The second kappa shape index (κ2) is 10.3. The van der Waals surface area contributed by atoms with E-state index in [0.29, 0.717) is 12.1 Å². The fourth-order valence-electron chi connectivity index (χ4n) is 4.66. The number of carbonyl (C=O) groups excluding carboxylic acids is 1. The third-order valence-electron chi connectivity index (χ3n) is 6.52. The molecule has 6 aromatic rings. The third kappa shape index (κ3) is 4.67. The highest BCUT2D eigenvalue weighted by atomic mass is 35.5. The van der Waals surface area contributed by atoms with E-state index in [9.17, 15) is 4.79 Å². The number of amides is 1. The van der Waals surface area contributed by atoms with Gasteiger partial charge in [-0.2, -0.15) is 5.10 Å². The van der Waals surface area contributed by atoms with Gasteiger partial charge in [0.15, 0.2) is 0 Å². The molecule has 0 unspecified atom stereocenters. The molecule has 0 aliphatic carbocycles. The summed E-state index contributed by atoms with van der Waals surface area (Å²) in [6.45, 7) is 0.631. The van der Waals surface area contributed by atoms with Gasteiger partial charge in [-0.1, -0.05) is 96.5 Å². The maximum absolute atomic E-state index is 13.3. The van der Waals surface area contributed by atoms with E-state index in [-0.39, 0.29) is 5.91 Å². The van der Waals surface area contributed by atoms with Gasteiger partial charge in [0.1, 0.15) is 0 Å². The minimum Gasteiger partial charge on any atom is -0.342 e. The predicted molar refractivity (Wildman–Crippen MR) is 155 cm³/mol. The largest absolute Gasteiger partial charge is 0.342 e. The van der Waals surface area contributed by atoms with Crippen LogP contribution in [0.25, 0.3) is 33.1 Å². The van der Waals surface area contributed by atoms with Crippen LogP contribution in [0.2, 0.25) is 5.02 Å². The Hall–Kier alpha value is -4.74. The van der Waals surface area contributed by atoms with Gasteiger partial charge in [-0.3, -0.25) is 4.79 Å². The monoisotopic (exact) mass is 514 g/mol. The van der Waals surface area contributed by atoms with Crippen LogP contribution < -0.4 is 5.43 Å². The molecule has 0 atom stereocenters. The van der Waals surface area contributed by atoms with Crippen molar-refractivity contribution >= 4 is 45.5 Å². The number of hydrogen-bond donors (Lipinski definition) is 1. The number of aromatic nitrogens is 2. The van der Waals surface area contributed by atoms with Crippen molar-refractivity contribution < 1.29 is 4.79 Å². The Morgan fingerprint density at radius 1 is 0.868 bits per heavy atom. The zero-order valence-corrected chi connectivity index (χ0v) is 21.1. The first kappa shape index (κ1) is 23.6. The summed E-state index contributed by atoms with van der Waals surface area (Å²) in [5.74, 6) is -0.295. The van der Waals surface area contributed by atoms with E-state index in [2.05, 4.69) is 21.2 Å². The van der Waals surface area contributed by atoms with E-state index in [0.717, 1.165) is 49.2 Å². The molecular formula is C32H23ClN4O.